The van der Waals surface area contributed by atoms with Crippen LogP contribution in [0.15, 0.2) is 53.6 Å². The Bertz CT molecular complexity index is 1800. The number of anilines is 2. The number of pyridine rings is 1. The van der Waals surface area contributed by atoms with E-state index < -0.39 is 0 Å². The van der Waals surface area contributed by atoms with E-state index in [9.17, 15) is 19.2 Å². The van der Waals surface area contributed by atoms with Gasteiger partial charge in [0.15, 0.2) is 0 Å². The van der Waals surface area contributed by atoms with E-state index in [2.05, 4.69) is 49.7 Å². The van der Waals surface area contributed by atoms with Crippen LogP contribution in [0.1, 0.15) is 78.4 Å². The summed E-state index contributed by atoms with van der Waals surface area (Å²) in [4.78, 5) is 60.8. The molecule has 1 spiro atoms. The van der Waals surface area contributed by atoms with Crippen LogP contribution in [0.3, 0.4) is 0 Å². The Morgan fingerprint density at radius 3 is 2.34 bits per heavy atom. The molecule has 4 aliphatic heterocycles. The lowest BCUT2D eigenvalue weighted by molar-refractivity contribution is -0.134. The van der Waals surface area contributed by atoms with Crippen molar-refractivity contribution in [1.82, 2.24) is 29.9 Å². The highest BCUT2D eigenvalue weighted by Crippen LogP contribution is 2.42. The Morgan fingerprint density at radius 2 is 1.66 bits per heavy atom. The average Bonchev–Trinajstić information content (AvgIpc) is 3.12. The van der Waals surface area contributed by atoms with Crippen LogP contribution in [-0.2, 0) is 16.6 Å². The van der Waals surface area contributed by atoms with Gasteiger partial charge in [-0.15, -0.1) is 0 Å². The summed E-state index contributed by atoms with van der Waals surface area (Å²) in [6.07, 6.45) is 9.35. The van der Waals surface area contributed by atoms with Crippen molar-refractivity contribution in [3.05, 3.63) is 81.0 Å². The molecule has 0 radical (unpaired) electrons. The minimum Gasteiger partial charge on any atom is -0.378 e. The molecule has 12 nitrogen and oxygen atoms in total. The highest BCUT2D eigenvalue weighted by atomic mass is 35.5. The van der Waals surface area contributed by atoms with E-state index in [1.165, 1.54) is 10.2 Å². The first kappa shape index (κ1) is 34.2. The van der Waals surface area contributed by atoms with E-state index in [0.29, 0.717) is 24.2 Å². The average molecular weight is 701 g/mol. The summed E-state index contributed by atoms with van der Waals surface area (Å²) in [6, 6.07) is 12.2. The standard InChI is InChI=1S/C37H45ClN8O4/c1-43-22-26(19-27(23-43)41-31-21-40-44(2)36(50)33(31)38)24-3-5-25(6-4-24)35(49)46-17-13-37(14-18-46)11-15-45(16-12-37)28-7-9-30(39-20-28)29-8-10-32(47)42-34(29)48/h3-7,9,20-21,26-27,29,41H,8,10-19,22-23H2,1-2H3,(H,42,47,48)/t26-,27+,29?/m0/s1. The number of piperidine rings is 4. The number of rotatable bonds is 6. The maximum absolute atomic E-state index is 13.6. The molecule has 6 heterocycles. The number of imide groups is 1. The van der Waals surface area contributed by atoms with Gasteiger partial charge in [-0.1, -0.05) is 23.7 Å². The summed E-state index contributed by atoms with van der Waals surface area (Å²) >= 11 is 6.32. The van der Waals surface area contributed by atoms with Crippen molar-refractivity contribution in [3.63, 3.8) is 0 Å². The molecule has 264 valence electrons. The molecular weight excluding hydrogens is 656 g/mol. The third kappa shape index (κ3) is 7.14. The summed E-state index contributed by atoms with van der Waals surface area (Å²) in [5.74, 6) is -0.480. The molecular formula is C37H45ClN8O4. The second-order valence-electron chi connectivity index (χ2n) is 14.6. The fourth-order valence-corrected chi connectivity index (χ4v) is 8.49. The Morgan fingerprint density at radius 1 is 0.940 bits per heavy atom. The van der Waals surface area contributed by atoms with Crippen LogP contribution in [0.4, 0.5) is 11.4 Å². The van der Waals surface area contributed by atoms with Crippen LogP contribution >= 0.6 is 11.6 Å². The normalized spacial score (nSPS) is 24.3. The first-order valence-electron chi connectivity index (χ1n) is 17.7. The number of nitrogens with zero attached hydrogens (tertiary/aromatic N) is 6. The number of nitrogens with one attached hydrogen (secondary N) is 2. The first-order valence-corrected chi connectivity index (χ1v) is 18.1. The minimum absolute atomic E-state index is 0.0964. The van der Waals surface area contributed by atoms with Crippen molar-refractivity contribution in [2.75, 3.05) is 56.5 Å². The molecule has 4 saturated heterocycles. The fraction of sp³-hybridized carbons (Fsp3) is 0.514. The number of carbonyl (C=O) groups excluding carboxylic acids is 3. The van der Waals surface area contributed by atoms with Gasteiger partial charge in [0.05, 0.1) is 35.4 Å². The largest absolute Gasteiger partial charge is 0.378 e. The van der Waals surface area contributed by atoms with Crippen molar-refractivity contribution in [3.8, 4) is 0 Å². The number of likely N-dealkylation sites (tertiary alicyclic amines) is 2. The first-order chi connectivity index (χ1) is 24.1. The molecule has 50 heavy (non-hydrogen) atoms. The fourth-order valence-electron chi connectivity index (χ4n) is 8.27. The molecule has 4 fully saturated rings. The smallest absolute Gasteiger partial charge is 0.287 e. The SMILES string of the molecule is CN1C[C@H](Nc2cnn(C)c(=O)c2Cl)C[C@H](c2ccc(C(=O)N3CCC4(CC3)CCN(c3ccc(C5CCC(=O)NC5=O)nc3)CC4)cc2)C1. The highest BCUT2D eigenvalue weighted by molar-refractivity contribution is 6.32. The van der Waals surface area contributed by atoms with Crippen LogP contribution in [0.5, 0.6) is 0 Å². The quantitative estimate of drug-likeness (QED) is 0.369. The van der Waals surface area contributed by atoms with E-state index in [0.717, 1.165) is 82.6 Å². The molecule has 7 rings (SSSR count). The van der Waals surface area contributed by atoms with Crippen molar-refractivity contribution in [1.29, 1.82) is 0 Å². The number of amides is 3. The van der Waals surface area contributed by atoms with Crippen molar-refractivity contribution < 1.29 is 14.4 Å². The zero-order valence-corrected chi connectivity index (χ0v) is 29.5. The number of benzene rings is 1. The molecule has 0 saturated carbocycles. The zero-order chi connectivity index (χ0) is 35.0. The molecule has 0 aliphatic carbocycles. The van der Waals surface area contributed by atoms with E-state index in [4.69, 9.17) is 11.6 Å². The van der Waals surface area contributed by atoms with Gasteiger partial charge in [-0.25, -0.2) is 4.68 Å². The highest BCUT2D eigenvalue weighted by Gasteiger charge is 2.39. The van der Waals surface area contributed by atoms with Crippen LogP contribution in [0, 0.1) is 5.41 Å². The number of hydrogen-bond acceptors (Lipinski definition) is 9. The third-order valence-corrected chi connectivity index (χ3v) is 11.7. The van der Waals surface area contributed by atoms with Crippen LogP contribution in [0.25, 0.3) is 0 Å². The van der Waals surface area contributed by atoms with E-state index in [1.54, 1.807) is 13.2 Å². The molecule has 13 heteroatoms. The predicted molar refractivity (Wildman–Crippen MR) is 192 cm³/mol. The van der Waals surface area contributed by atoms with Crippen molar-refractivity contribution in [2.24, 2.45) is 12.5 Å². The third-order valence-electron chi connectivity index (χ3n) is 11.4. The lowest BCUT2D eigenvalue weighted by Gasteiger charge is -2.47. The second-order valence-corrected chi connectivity index (χ2v) is 15.0. The number of hydrogen-bond donors (Lipinski definition) is 2. The Labute approximate surface area is 297 Å². The van der Waals surface area contributed by atoms with Gasteiger partial charge in [0.1, 0.15) is 5.02 Å². The Balaban J connectivity index is 0.901. The summed E-state index contributed by atoms with van der Waals surface area (Å²) in [6.45, 7) is 5.14. The van der Waals surface area contributed by atoms with Crippen molar-refractivity contribution >= 4 is 40.7 Å². The van der Waals surface area contributed by atoms with Crippen LogP contribution < -0.4 is 21.1 Å². The predicted octanol–water partition coefficient (Wildman–Crippen LogP) is 3.77. The van der Waals surface area contributed by atoms with Gasteiger partial charge in [-0.05, 0) is 86.7 Å². The Hall–Kier alpha value is -4.29. The number of aryl methyl sites for hydroxylation is 1. The van der Waals surface area contributed by atoms with Gasteiger partial charge < -0.3 is 20.0 Å². The molecule has 0 bridgehead atoms. The molecule has 1 unspecified atom stereocenters. The van der Waals surface area contributed by atoms with E-state index in [1.807, 2.05) is 35.4 Å². The van der Waals surface area contributed by atoms with Gasteiger partial charge >= 0.3 is 0 Å². The minimum atomic E-state index is -0.370. The number of carbonyl (C=O) groups is 3. The van der Waals surface area contributed by atoms with E-state index >= 15 is 0 Å². The van der Waals surface area contributed by atoms with E-state index in [-0.39, 0.29) is 51.6 Å². The molecule has 1 aromatic carbocycles. The molecule has 3 aromatic rings. The summed E-state index contributed by atoms with van der Waals surface area (Å²) < 4.78 is 1.23. The van der Waals surface area contributed by atoms with Gasteiger partial charge in [0.2, 0.25) is 11.8 Å². The van der Waals surface area contributed by atoms with Crippen LogP contribution in [0.2, 0.25) is 5.02 Å². The lowest BCUT2D eigenvalue weighted by atomic mass is 9.71. The molecule has 4 aliphatic rings. The molecule has 2 aromatic heterocycles. The Kier molecular flexibility index (Phi) is 9.67. The zero-order valence-electron chi connectivity index (χ0n) is 28.7. The molecule has 2 N–H and O–H groups in total. The number of aromatic nitrogens is 3. The lowest BCUT2D eigenvalue weighted by Crippen LogP contribution is -2.48. The number of likely N-dealkylation sites (N-methyl/N-ethyl adjacent to an activating group) is 1. The maximum Gasteiger partial charge on any atom is 0.287 e. The van der Waals surface area contributed by atoms with Gasteiger partial charge in [0, 0.05) is 64.3 Å². The maximum atomic E-state index is 13.6. The summed E-state index contributed by atoms with van der Waals surface area (Å²) in [5, 5.41) is 10.1. The topological polar surface area (TPSA) is 133 Å². The summed E-state index contributed by atoms with van der Waals surface area (Å²) in [7, 11) is 3.67. The monoisotopic (exact) mass is 700 g/mol. The van der Waals surface area contributed by atoms with Gasteiger partial charge in [-0.3, -0.25) is 29.5 Å². The van der Waals surface area contributed by atoms with Gasteiger partial charge in [0.25, 0.3) is 11.5 Å². The number of halogens is 1. The second kappa shape index (κ2) is 14.1. The molecule has 3 amide bonds. The van der Waals surface area contributed by atoms with Crippen molar-refractivity contribution in [2.45, 2.75) is 62.8 Å². The molecule has 3 atom stereocenters. The van der Waals surface area contributed by atoms with Crippen LogP contribution in [-0.4, -0.2) is 94.6 Å². The summed E-state index contributed by atoms with van der Waals surface area (Å²) in [5.41, 5.74) is 4.18. The van der Waals surface area contributed by atoms with Gasteiger partial charge in [-0.2, -0.15) is 5.10 Å².